The smallest absolute Gasteiger partial charge is 0.416 e. The first-order valence-electron chi connectivity index (χ1n) is 13.8. The van der Waals surface area contributed by atoms with E-state index in [0.29, 0.717) is 35.5 Å². The number of amides is 1. The number of aliphatic carboxylic acids is 1. The van der Waals surface area contributed by atoms with Crippen molar-refractivity contribution in [3.05, 3.63) is 125 Å². The van der Waals surface area contributed by atoms with Gasteiger partial charge >= 0.3 is 12.1 Å². The van der Waals surface area contributed by atoms with Crippen LogP contribution in [0.1, 0.15) is 52.7 Å². The van der Waals surface area contributed by atoms with Gasteiger partial charge in [-0.15, -0.1) is 0 Å². The molecule has 0 aromatic heterocycles. The summed E-state index contributed by atoms with van der Waals surface area (Å²) in [4.78, 5) is 27.5. The maximum Gasteiger partial charge on any atom is 0.416 e. The molecule has 1 aliphatic rings. The largest absolute Gasteiger partial charge is 0.480 e. The Bertz CT molecular complexity index is 1550. The normalized spacial score (nSPS) is 16.0. The number of likely N-dealkylation sites (tertiary alicyclic amines) is 1. The SMILES string of the molecule is C[C@@](C(=O)O)(c1ccccc1)N1CCC(c2ccc(NC(=O)c3ccccc3-c3ccc(C(F)(F)F)cc3)cc2)CC1. The summed E-state index contributed by atoms with van der Waals surface area (Å²) in [5.41, 5.74) is 2.05. The summed E-state index contributed by atoms with van der Waals surface area (Å²) < 4.78 is 39.0. The van der Waals surface area contributed by atoms with Gasteiger partial charge in [-0.25, -0.2) is 4.79 Å². The molecule has 1 fully saturated rings. The fourth-order valence-electron chi connectivity index (χ4n) is 5.67. The summed E-state index contributed by atoms with van der Waals surface area (Å²) in [6.07, 6.45) is -2.82. The van der Waals surface area contributed by atoms with Crippen LogP contribution in [0.5, 0.6) is 0 Å². The predicted molar refractivity (Wildman–Crippen MR) is 156 cm³/mol. The van der Waals surface area contributed by atoms with Gasteiger partial charge in [0.15, 0.2) is 0 Å². The molecule has 8 heteroatoms. The molecule has 0 unspecified atom stereocenters. The molecule has 1 atom stereocenters. The number of carboxylic acids is 1. The lowest BCUT2D eigenvalue weighted by Gasteiger charge is -2.42. The van der Waals surface area contributed by atoms with Crippen molar-refractivity contribution in [3.63, 3.8) is 0 Å². The van der Waals surface area contributed by atoms with Crippen molar-refractivity contribution in [1.29, 1.82) is 0 Å². The van der Waals surface area contributed by atoms with Gasteiger partial charge in [0.25, 0.3) is 5.91 Å². The van der Waals surface area contributed by atoms with Gasteiger partial charge in [0.05, 0.1) is 5.56 Å². The average Bonchev–Trinajstić information content (AvgIpc) is 3.01. The molecule has 0 bridgehead atoms. The highest BCUT2D eigenvalue weighted by Crippen LogP contribution is 2.37. The molecule has 0 spiro atoms. The van der Waals surface area contributed by atoms with Crippen LogP contribution in [0.15, 0.2) is 103 Å². The number of carbonyl (C=O) groups is 2. The molecule has 1 heterocycles. The standard InChI is InChI=1S/C34H31F3N2O3/c1-33(32(41)42,26-7-3-2-4-8-26)39-21-19-24(20-22-39)23-13-17-28(18-14-23)38-31(40)30-10-6-5-9-29(30)25-11-15-27(16-12-25)34(35,36)37/h2-18,24H,19-22H2,1H3,(H,38,40)(H,41,42)/t33-/m0/s1. The zero-order valence-corrected chi connectivity index (χ0v) is 23.1. The van der Waals surface area contributed by atoms with E-state index < -0.39 is 23.2 Å². The predicted octanol–water partition coefficient (Wildman–Crippen LogP) is 7.80. The molecule has 4 aromatic rings. The van der Waals surface area contributed by atoms with E-state index in [2.05, 4.69) is 5.32 Å². The number of carbonyl (C=O) groups excluding carboxylic acids is 1. The van der Waals surface area contributed by atoms with E-state index in [4.69, 9.17) is 0 Å². The minimum Gasteiger partial charge on any atom is -0.480 e. The number of nitrogens with one attached hydrogen (secondary N) is 1. The summed E-state index contributed by atoms with van der Waals surface area (Å²) in [6, 6.07) is 28.5. The molecule has 0 aliphatic carbocycles. The topological polar surface area (TPSA) is 69.6 Å². The number of halogens is 3. The molecule has 0 saturated carbocycles. The zero-order valence-electron chi connectivity index (χ0n) is 23.1. The van der Waals surface area contributed by atoms with E-state index in [-0.39, 0.29) is 11.8 Å². The lowest BCUT2D eigenvalue weighted by Crippen LogP contribution is -2.52. The Kier molecular flexibility index (Phi) is 8.18. The number of carboxylic acid groups (broad SMARTS) is 1. The van der Waals surface area contributed by atoms with Crippen LogP contribution in [0.2, 0.25) is 0 Å². The highest BCUT2D eigenvalue weighted by Gasteiger charge is 2.42. The van der Waals surface area contributed by atoms with Gasteiger partial charge in [0, 0.05) is 24.3 Å². The van der Waals surface area contributed by atoms with Crippen LogP contribution >= 0.6 is 0 Å². The Balaban J connectivity index is 1.24. The summed E-state index contributed by atoms with van der Waals surface area (Å²) in [5, 5.41) is 13.0. The van der Waals surface area contributed by atoms with Crippen molar-refractivity contribution in [1.82, 2.24) is 4.90 Å². The lowest BCUT2D eigenvalue weighted by atomic mass is 9.84. The highest BCUT2D eigenvalue weighted by atomic mass is 19.4. The number of piperidine rings is 1. The van der Waals surface area contributed by atoms with Crippen molar-refractivity contribution in [3.8, 4) is 11.1 Å². The second-order valence-electron chi connectivity index (χ2n) is 10.7. The molecule has 0 radical (unpaired) electrons. The molecule has 42 heavy (non-hydrogen) atoms. The van der Waals surface area contributed by atoms with Crippen LogP contribution < -0.4 is 5.32 Å². The molecule has 2 N–H and O–H groups in total. The third-order valence-electron chi connectivity index (χ3n) is 8.21. The van der Waals surface area contributed by atoms with E-state index in [1.807, 2.05) is 59.5 Å². The van der Waals surface area contributed by atoms with Gasteiger partial charge in [0.1, 0.15) is 5.54 Å². The second-order valence-corrected chi connectivity index (χ2v) is 10.7. The van der Waals surface area contributed by atoms with Crippen molar-refractivity contribution in [2.45, 2.75) is 37.4 Å². The van der Waals surface area contributed by atoms with Crippen LogP contribution in [-0.4, -0.2) is 35.0 Å². The lowest BCUT2D eigenvalue weighted by molar-refractivity contribution is -0.152. The maximum atomic E-state index is 13.2. The Hall–Kier alpha value is -4.43. The number of anilines is 1. The van der Waals surface area contributed by atoms with Gasteiger partial charge in [-0.2, -0.15) is 13.2 Å². The molecule has 216 valence electrons. The van der Waals surface area contributed by atoms with Crippen LogP contribution in [-0.2, 0) is 16.5 Å². The Morgan fingerprint density at radius 1 is 0.786 bits per heavy atom. The summed E-state index contributed by atoms with van der Waals surface area (Å²) in [6.45, 7) is 3.04. The third-order valence-corrected chi connectivity index (χ3v) is 8.21. The Labute approximate surface area is 242 Å². The van der Waals surface area contributed by atoms with Gasteiger partial charge in [0.2, 0.25) is 0 Å². The first-order chi connectivity index (χ1) is 20.1. The van der Waals surface area contributed by atoms with Gasteiger partial charge in [-0.05, 0) is 78.3 Å². The highest BCUT2D eigenvalue weighted by molar-refractivity contribution is 6.08. The van der Waals surface area contributed by atoms with Gasteiger partial charge in [-0.1, -0.05) is 72.8 Å². The molecular weight excluding hydrogens is 541 g/mol. The second kappa shape index (κ2) is 11.8. The van der Waals surface area contributed by atoms with Crippen LogP contribution in [0.25, 0.3) is 11.1 Å². The van der Waals surface area contributed by atoms with Crippen LogP contribution in [0, 0.1) is 0 Å². The Morgan fingerprint density at radius 3 is 1.98 bits per heavy atom. The first-order valence-corrected chi connectivity index (χ1v) is 13.8. The van der Waals surface area contributed by atoms with Crippen molar-refractivity contribution < 1.29 is 27.9 Å². The molecule has 1 aliphatic heterocycles. The molecule has 1 amide bonds. The average molecular weight is 573 g/mol. The van der Waals surface area contributed by atoms with Crippen LogP contribution in [0.4, 0.5) is 18.9 Å². The monoisotopic (exact) mass is 572 g/mol. The number of rotatable bonds is 7. The number of benzene rings is 4. The summed E-state index contributed by atoms with van der Waals surface area (Å²) in [5.74, 6) is -0.965. The van der Waals surface area contributed by atoms with Crippen molar-refractivity contribution >= 4 is 17.6 Å². The Morgan fingerprint density at radius 2 is 1.38 bits per heavy atom. The fraction of sp³-hybridized carbons (Fsp3) is 0.235. The molecular formula is C34H31F3N2O3. The van der Waals surface area contributed by atoms with Crippen molar-refractivity contribution in [2.75, 3.05) is 18.4 Å². The summed E-state index contributed by atoms with van der Waals surface area (Å²) in [7, 11) is 0. The zero-order chi connectivity index (χ0) is 29.9. The minimum absolute atomic E-state index is 0.264. The quantitative estimate of drug-likeness (QED) is 0.237. The fourth-order valence-corrected chi connectivity index (χ4v) is 5.67. The number of alkyl halides is 3. The summed E-state index contributed by atoms with van der Waals surface area (Å²) >= 11 is 0. The number of hydrogen-bond donors (Lipinski definition) is 2. The molecule has 5 rings (SSSR count). The van der Waals surface area contributed by atoms with Crippen molar-refractivity contribution in [2.24, 2.45) is 0 Å². The van der Waals surface area contributed by atoms with E-state index in [0.717, 1.165) is 36.1 Å². The van der Waals surface area contributed by atoms with E-state index in [1.54, 1.807) is 31.2 Å². The van der Waals surface area contributed by atoms with Crippen LogP contribution in [0.3, 0.4) is 0 Å². The van der Waals surface area contributed by atoms with Gasteiger partial charge < -0.3 is 10.4 Å². The maximum absolute atomic E-state index is 13.2. The van der Waals surface area contributed by atoms with E-state index in [1.165, 1.54) is 12.1 Å². The third kappa shape index (κ3) is 5.94. The molecule has 4 aromatic carbocycles. The van der Waals surface area contributed by atoms with E-state index >= 15 is 0 Å². The van der Waals surface area contributed by atoms with E-state index in [9.17, 15) is 27.9 Å². The first kappa shape index (κ1) is 29.1. The molecule has 5 nitrogen and oxygen atoms in total. The number of nitrogens with zero attached hydrogens (tertiary/aromatic N) is 1. The molecule has 1 saturated heterocycles. The number of hydrogen-bond acceptors (Lipinski definition) is 3. The minimum atomic E-state index is -4.43. The van der Waals surface area contributed by atoms with Gasteiger partial charge in [-0.3, -0.25) is 9.69 Å².